The van der Waals surface area contributed by atoms with Gasteiger partial charge in [-0.1, -0.05) is 18.2 Å². The van der Waals surface area contributed by atoms with Crippen molar-refractivity contribution in [3.05, 3.63) is 29.8 Å². The van der Waals surface area contributed by atoms with Crippen LogP contribution in [-0.4, -0.2) is 49.4 Å². The summed E-state index contributed by atoms with van der Waals surface area (Å²) in [6, 6.07) is 8.27. The van der Waals surface area contributed by atoms with Crippen LogP contribution in [0.2, 0.25) is 0 Å². The second-order valence-corrected chi connectivity index (χ2v) is 6.08. The lowest BCUT2D eigenvalue weighted by molar-refractivity contribution is -0.131. The number of anilines is 1. The summed E-state index contributed by atoms with van der Waals surface area (Å²) in [4.78, 5) is 28.1. The van der Waals surface area contributed by atoms with Gasteiger partial charge in [0.25, 0.3) is 0 Å². The lowest BCUT2D eigenvalue weighted by atomic mass is 10.0. The van der Waals surface area contributed by atoms with Gasteiger partial charge in [-0.3, -0.25) is 9.59 Å². The van der Waals surface area contributed by atoms with E-state index >= 15 is 0 Å². The Morgan fingerprint density at radius 1 is 1.36 bits per heavy atom. The molecule has 5 heteroatoms. The largest absolute Gasteiger partial charge is 0.341 e. The number of nitrogens with one attached hydrogen (secondary N) is 1. The first-order valence-corrected chi connectivity index (χ1v) is 8.01. The molecule has 118 valence electrons. The molecule has 0 radical (unpaired) electrons. The molecule has 1 fully saturated rings. The van der Waals surface area contributed by atoms with Crippen molar-refractivity contribution < 1.29 is 9.59 Å². The molecule has 2 aliphatic rings. The maximum absolute atomic E-state index is 12.4. The van der Waals surface area contributed by atoms with E-state index < -0.39 is 0 Å². The lowest BCUT2D eigenvalue weighted by Gasteiger charge is -2.30. The van der Waals surface area contributed by atoms with Crippen molar-refractivity contribution in [3.63, 3.8) is 0 Å². The predicted octanol–water partition coefficient (Wildman–Crippen LogP) is 1.18. The molecule has 3 rings (SSSR count). The van der Waals surface area contributed by atoms with Crippen LogP contribution >= 0.6 is 0 Å². The second kappa shape index (κ2) is 6.48. The van der Waals surface area contributed by atoms with Crippen LogP contribution in [0, 0.1) is 0 Å². The van der Waals surface area contributed by atoms with Crippen molar-refractivity contribution in [1.82, 2.24) is 10.2 Å². The molecule has 0 aliphatic carbocycles. The summed E-state index contributed by atoms with van der Waals surface area (Å²) in [6.45, 7) is 2.31. The lowest BCUT2D eigenvalue weighted by Crippen LogP contribution is -2.42. The van der Waals surface area contributed by atoms with E-state index in [9.17, 15) is 9.59 Å². The third-order valence-electron chi connectivity index (χ3n) is 4.72. The van der Waals surface area contributed by atoms with Crippen molar-refractivity contribution in [2.45, 2.75) is 31.7 Å². The molecule has 5 nitrogen and oxygen atoms in total. The van der Waals surface area contributed by atoms with Crippen LogP contribution in [0.1, 0.15) is 24.8 Å². The molecule has 1 aromatic rings. The van der Waals surface area contributed by atoms with Crippen LogP contribution in [0.15, 0.2) is 24.3 Å². The van der Waals surface area contributed by atoms with Gasteiger partial charge in [0.15, 0.2) is 0 Å². The number of para-hydroxylation sites is 1. The minimum atomic E-state index is 0.115. The standard InChI is InChI=1S/C17H23N3O2/c1-19(14-8-10-18-12-14)16(21)9-11-20-15-5-3-2-4-13(15)6-7-17(20)22/h2-5,14,18H,6-12H2,1H3. The highest BCUT2D eigenvalue weighted by atomic mass is 16.2. The van der Waals surface area contributed by atoms with Crippen molar-refractivity contribution in [2.24, 2.45) is 0 Å². The molecule has 1 aromatic carbocycles. The molecule has 2 aliphatic heterocycles. The van der Waals surface area contributed by atoms with Gasteiger partial charge in [-0.05, 0) is 31.0 Å². The summed E-state index contributed by atoms with van der Waals surface area (Å²) in [5.74, 6) is 0.237. The van der Waals surface area contributed by atoms with Gasteiger partial charge in [-0.2, -0.15) is 0 Å². The monoisotopic (exact) mass is 301 g/mol. The zero-order chi connectivity index (χ0) is 15.5. The maximum atomic E-state index is 12.4. The molecule has 22 heavy (non-hydrogen) atoms. The highest BCUT2D eigenvalue weighted by Gasteiger charge is 2.26. The van der Waals surface area contributed by atoms with Gasteiger partial charge >= 0.3 is 0 Å². The molecule has 1 atom stereocenters. The summed E-state index contributed by atoms with van der Waals surface area (Å²) in [7, 11) is 1.87. The summed E-state index contributed by atoms with van der Waals surface area (Å²) >= 11 is 0. The molecule has 0 saturated carbocycles. The van der Waals surface area contributed by atoms with E-state index in [2.05, 4.69) is 11.4 Å². The minimum Gasteiger partial charge on any atom is -0.341 e. The first kappa shape index (κ1) is 15.0. The highest BCUT2D eigenvalue weighted by Crippen LogP contribution is 2.27. The Balaban J connectivity index is 1.63. The normalized spacial score (nSPS) is 20.9. The number of likely N-dealkylation sites (N-methyl/N-ethyl adjacent to an activating group) is 1. The number of hydrogen-bond donors (Lipinski definition) is 1. The number of carbonyl (C=O) groups excluding carboxylic acids is 2. The van der Waals surface area contributed by atoms with E-state index in [0.29, 0.717) is 19.4 Å². The number of amides is 2. The number of rotatable bonds is 4. The molecular weight excluding hydrogens is 278 g/mol. The van der Waals surface area contributed by atoms with Crippen LogP contribution in [-0.2, 0) is 16.0 Å². The molecule has 2 amide bonds. The number of benzene rings is 1. The smallest absolute Gasteiger partial charge is 0.227 e. The average molecular weight is 301 g/mol. The minimum absolute atomic E-state index is 0.115. The van der Waals surface area contributed by atoms with E-state index in [1.165, 1.54) is 5.56 Å². The van der Waals surface area contributed by atoms with Crippen LogP contribution in [0.4, 0.5) is 5.69 Å². The van der Waals surface area contributed by atoms with E-state index in [1.807, 2.05) is 30.1 Å². The fourth-order valence-corrected chi connectivity index (χ4v) is 3.30. The zero-order valence-corrected chi connectivity index (χ0v) is 13.0. The maximum Gasteiger partial charge on any atom is 0.227 e. The van der Waals surface area contributed by atoms with E-state index in [-0.39, 0.29) is 17.9 Å². The molecular formula is C17H23N3O2. The Bertz CT molecular complexity index is 567. The van der Waals surface area contributed by atoms with Crippen molar-refractivity contribution >= 4 is 17.5 Å². The van der Waals surface area contributed by atoms with Gasteiger partial charge in [0, 0.05) is 44.7 Å². The Labute approximate surface area is 131 Å². The van der Waals surface area contributed by atoms with E-state index in [0.717, 1.165) is 31.6 Å². The molecule has 1 unspecified atom stereocenters. The zero-order valence-electron chi connectivity index (χ0n) is 13.0. The Hall–Kier alpha value is -1.88. The highest BCUT2D eigenvalue weighted by molar-refractivity contribution is 5.97. The first-order valence-electron chi connectivity index (χ1n) is 8.01. The number of hydrogen-bond acceptors (Lipinski definition) is 3. The third kappa shape index (κ3) is 2.99. The number of nitrogens with zero attached hydrogens (tertiary/aromatic N) is 2. The van der Waals surface area contributed by atoms with Gasteiger partial charge in [0.1, 0.15) is 0 Å². The number of aryl methyl sites for hydroxylation is 1. The third-order valence-corrected chi connectivity index (χ3v) is 4.72. The molecule has 2 heterocycles. The molecule has 0 bridgehead atoms. The van der Waals surface area contributed by atoms with E-state index in [4.69, 9.17) is 0 Å². The SMILES string of the molecule is CN(C(=O)CCN1C(=O)CCc2ccccc21)C1CCNC1. The molecule has 1 saturated heterocycles. The second-order valence-electron chi connectivity index (χ2n) is 6.08. The molecule has 0 aromatic heterocycles. The number of carbonyl (C=O) groups is 2. The topological polar surface area (TPSA) is 52.7 Å². The van der Waals surface area contributed by atoms with E-state index in [1.54, 1.807) is 4.90 Å². The first-order chi connectivity index (χ1) is 10.7. The van der Waals surface area contributed by atoms with Gasteiger partial charge in [-0.25, -0.2) is 0 Å². The van der Waals surface area contributed by atoms with Crippen molar-refractivity contribution in [3.8, 4) is 0 Å². The van der Waals surface area contributed by atoms with Crippen LogP contribution < -0.4 is 10.2 Å². The number of fused-ring (bicyclic) bond motifs is 1. The van der Waals surface area contributed by atoms with Crippen molar-refractivity contribution in [1.29, 1.82) is 0 Å². The predicted molar refractivity (Wildman–Crippen MR) is 85.8 cm³/mol. The summed E-state index contributed by atoms with van der Waals surface area (Å²) in [5, 5.41) is 3.28. The Morgan fingerprint density at radius 3 is 2.95 bits per heavy atom. The van der Waals surface area contributed by atoms with Crippen LogP contribution in [0.25, 0.3) is 0 Å². The summed E-state index contributed by atoms with van der Waals surface area (Å²) in [5.41, 5.74) is 2.17. The fraction of sp³-hybridized carbons (Fsp3) is 0.529. The quantitative estimate of drug-likeness (QED) is 0.908. The molecule has 0 spiro atoms. The summed E-state index contributed by atoms with van der Waals surface area (Å²) in [6.07, 6.45) is 2.72. The fourth-order valence-electron chi connectivity index (χ4n) is 3.30. The van der Waals surface area contributed by atoms with Gasteiger partial charge in [0.05, 0.1) is 0 Å². The van der Waals surface area contributed by atoms with Crippen molar-refractivity contribution in [2.75, 3.05) is 31.6 Å². The summed E-state index contributed by atoms with van der Waals surface area (Å²) < 4.78 is 0. The molecule has 1 N–H and O–H groups in total. The average Bonchev–Trinajstić information content (AvgIpc) is 3.07. The van der Waals surface area contributed by atoms with Gasteiger partial charge < -0.3 is 15.1 Å². The Morgan fingerprint density at radius 2 is 2.18 bits per heavy atom. The van der Waals surface area contributed by atoms with Gasteiger partial charge in [0.2, 0.25) is 11.8 Å². The van der Waals surface area contributed by atoms with Gasteiger partial charge in [-0.15, -0.1) is 0 Å². The van der Waals surface area contributed by atoms with Crippen LogP contribution in [0.3, 0.4) is 0 Å². The van der Waals surface area contributed by atoms with Crippen LogP contribution in [0.5, 0.6) is 0 Å². The Kier molecular flexibility index (Phi) is 4.43.